The van der Waals surface area contributed by atoms with Gasteiger partial charge in [0.2, 0.25) is 0 Å². The first kappa shape index (κ1) is 22.5. The number of hydrogen-bond acceptors (Lipinski definition) is 3. The van der Waals surface area contributed by atoms with Gasteiger partial charge in [0.15, 0.2) is 11.5 Å². The predicted octanol–water partition coefficient (Wildman–Crippen LogP) is 6.37. The molecule has 0 radical (unpaired) electrons. The molecule has 3 nitrogen and oxygen atoms in total. The third-order valence-electron chi connectivity index (χ3n) is 4.41. The van der Waals surface area contributed by atoms with E-state index in [0.717, 1.165) is 18.5 Å². The Balaban J connectivity index is 2.05. The molecule has 2 aromatic carbocycles. The molecule has 0 aliphatic heterocycles. The van der Waals surface area contributed by atoms with Crippen molar-refractivity contribution < 1.29 is 13.9 Å². The molecule has 28 heavy (non-hydrogen) atoms. The number of rotatable bonds is 8. The van der Waals surface area contributed by atoms with Crippen molar-refractivity contribution in [2.75, 3.05) is 7.11 Å². The molecule has 0 aliphatic rings. The van der Waals surface area contributed by atoms with Crippen molar-refractivity contribution in [2.24, 2.45) is 5.41 Å². The lowest BCUT2D eigenvalue weighted by molar-refractivity contribution is 0.240. The van der Waals surface area contributed by atoms with Gasteiger partial charge < -0.3 is 14.8 Å². The van der Waals surface area contributed by atoms with Crippen LogP contribution in [0.2, 0.25) is 5.02 Å². The Labute approximate surface area is 173 Å². The second-order valence-electron chi connectivity index (χ2n) is 8.95. The summed E-state index contributed by atoms with van der Waals surface area (Å²) in [6.45, 7) is 11.9. The monoisotopic (exact) mass is 407 g/mol. The van der Waals surface area contributed by atoms with E-state index in [2.05, 4.69) is 39.9 Å². The van der Waals surface area contributed by atoms with Gasteiger partial charge in [-0.05, 0) is 55.5 Å². The molecule has 0 aromatic heterocycles. The smallest absolute Gasteiger partial charge is 0.161 e. The molecule has 0 saturated carbocycles. The van der Waals surface area contributed by atoms with Gasteiger partial charge >= 0.3 is 0 Å². The molecule has 1 N–H and O–H groups in total. The Hall–Kier alpha value is -1.78. The zero-order chi connectivity index (χ0) is 20.9. The van der Waals surface area contributed by atoms with E-state index in [1.54, 1.807) is 19.2 Å². The number of nitrogens with one attached hydrogen (secondary N) is 1. The van der Waals surface area contributed by atoms with Gasteiger partial charge in [0.1, 0.15) is 12.4 Å². The molecule has 0 aliphatic carbocycles. The van der Waals surface area contributed by atoms with Gasteiger partial charge in [0.05, 0.1) is 12.1 Å². The number of benzene rings is 2. The van der Waals surface area contributed by atoms with Crippen molar-refractivity contribution >= 4 is 11.6 Å². The molecule has 2 rings (SSSR count). The second-order valence-corrected chi connectivity index (χ2v) is 9.36. The third-order valence-corrected chi connectivity index (χ3v) is 4.76. The summed E-state index contributed by atoms with van der Waals surface area (Å²) in [7, 11) is 1.60. The van der Waals surface area contributed by atoms with E-state index in [1.807, 2.05) is 18.2 Å². The summed E-state index contributed by atoms with van der Waals surface area (Å²) < 4.78 is 25.2. The maximum absolute atomic E-state index is 13.9. The standard InChI is InChI=1S/C23H31ClFNO2/c1-22(2,3)15-23(4,5)26-13-16-10-11-20(21(12-16)27-6)28-14-17-18(24)8-7-9-19(17)25/h7-12,26H,13-15H2,1-6H3. The van der Waals surface area contributed by atoms with E-state index < -0.39 is 0 Å². The lowest BCUT2D eigenvalue weighted by Gasteiger charge is -2.33. The zero-order valence-corrected chi connectivity index (χ0v) is 18.4. The van der Waals surface area contributed by atoms with Gasteiger partial charge in [-0.2, -0.15) is 0 Å². The number of ether oxygens (including phenoxy) is 2. The molecule has 0 atom stereocenters. The van der Waals surface area contributed by atoms with E-state index in [9.17, 15) is 4.39 Å². The summed E-state index contributed by atoms with van der Waals surface area (Å²) in [5.41, 5.74) is 1.69. The van der Waals surface area contributed by atoms with E-state index >= 15 is 0 Å². The van der Waals surface area contributed by atoms with Crippen LogP contribution in [0.15, 0.2) is 36.4 Å². The topological polar surface area (TPSA) is 30.5 Å². The minimum atomic E-state index is -0.381. The molecule has 0 bridgehead atoms. The fraction of sp³-hybridized carbons (Fsp3) is 0.478. The van der Waals surface area contributed by atoms with E-state index in [4.69, 9.17) is 21.1 Å². The summed E-state index contributed by atoms with van der Waals surface area (Å²) in [5.74, 6) is 0.785. The molecule has 0 heterocycles. The molecule has 0 unspecified atom stereocenters. The highest BCUT2D eigenvalue weighted by Crippen LogP contribution is 2.31. The van der Waals surface area contributed by atoms with Gasteiger partial charge in [-0.3, -0.25) is 0 Å². The molecular formula is C23H31ClFNO2. The molecule has 0 saturated heterocycles. The third kappa shape index (κ3) is 6.68. The van der Waals surface area contributed by atoms with Crippen LogP contribution in [0.1, 0.15) is 52.2 Å². The van der Waals surface area contributed by atoms with Crippen LogP contribution in [0, 0.1) is 11.2 Å². The molecule has 2 aromatic rings. The molecular weight excluding hydrogens is 377 g/mol. The maximum atomic E-state index is 13.9. The summed E-state index contributed by atoms with van der Waals surface area (Å²) in [5, 5.41) is 3.96. The van der Waals surface area contributed by atoms with E-state index in [1.165, 1.54) is 6.07 Å². The van der Waals surface area contributed by atoms with Crippen LogP contribution in [0.5, 0.6) is 11.5 Å². The summed E-state index contributed by atoms with van der Waals surface area (Å²) >= 11 is 6.06. The van der Waals surface area contributed by atoms with Crippen LogP contribution in [0.25, 0.3) is 0 Å². The molecule has 0 spiro atoms. The predicted molar refractivity (Wildman–Crippen MR) is 114 cm³/mol. The highest BCUT2D eigenvalue weighted by molar-refractivity contribution is 6.31. The molecule has 154 valence electrons. The van der Waals surface area contributed by atoms with Crippen molar-refractivity contribution in [3.8, 4) is 11.5 Å². The van der Waals surface area contributed by atoms with Crippen molar-refractivity contribution in [1.29, 1.82) is 0 Å². The highest BCUT2D eigenvalue weighted by atomic mass is 35.5. The highest BCUT2D eigenvalue weighted by Gasteiger charge is 2.24. The minimum Gasteiger partial charge on any atom is -0.493 e. The van der Waals surface area contributed by atoms with Crippen LogP contribution in [0.3, 0.4) is 0 Å². The molecule has 0 amide bonds. The van der Waals surface area contributed by atoms with Gasteiger partial charge in [-0.1, -0.05) is 44.5 Å². The number of methoxy groups -OCH3 is 1. The Morgan fingerprint density at radius 3 is 2.36 bits per heavy atom. The summed E-state index contributed by atoms with van der Waals surface area (Å²) in [6.07, 6.45) is 1.06. The summed E-state index contributed by atoms with van der Waals surface area (Å²) in [6, 6.07) is 10.4. The first-order valence-electron chi connectivity index (χ1n) is 9.48. The maximum Gasteiger partial charge on any atom is 0.161 e. The van der Waals surface area contributed by atoms with Crippen LogP contribution in [-0.2, 0) is 13.2 Å². The normalized spacial score (nSPS) is 12.1. The summed E-state index contributed by atoms with van der Waals surface area (Å²) in [4.78, 5) is 0. The molecule has 5 heteroatoms. The Morgan fingerprint density at radius 2 is 1.75 bits per heavy atom. The SMILES string of the molecule is COc1cc(CNC(C)(C)CC(C)(C)C)ccc1OCc1c(F)cccc1Cl. The van der Waals surface area contributed by atoms with E-state index in [0.29, 0.717) is 22.1 Å². The van der Waals surface area contributed by atoms with Crippen molar-refractivity contribution in [1.82, 2.24) is 5.32 Å². The average Bonchev–Trinajstić information content (AvgIpc) is 2.58. The van der Waals surface area contributed by atoms with Gasteiger partial charge in [0, 0.05) is 17.6 Å². The van der Waals surface area contributed by atoms with Crippen LogP contribution < -0.4 is 14.8 Å². The Bertz CT molecular complexity index is 779. The van der Waals surface area contributed by atoms with Gasteiger partial charge in [0.25, 0.3) is 0 Å². The first-order valence-corrected chi connectivity index (χ1v) is 9.86. The Kier molecular flexibility index (Phi) is 7.35. The average molecular weight is 408 g/mol. The fourth-order valence-electron chi connectivity index (χ4n) is 3.49. The lowest BCUT2D eigenvalue weighted by Crippen LogP contribution is -2.41. The number of hydrogen-bond donors (Lipinski definition) is 1. The minimum absolute atomic E-state index is 0.0161. The van der Waals surface area contributed by atoms with E-state index in [-0.39, 0.29) is 23.4 Å². The quantitative estimate of drug-likeness (QED) is 0.551. The van der Waals surface area contributed by atoms with Gasteiger partial charge in [-0.25, -0.2) is 4.39 Å². The fourth-order valence-corrected chi connectivity index (χ4v) is 3.71. The second kappa shape index (κ2) is 9.15. The van der Waals surface area contributed by atoms with Crippen molar-refractivity contribution in [2.45, 2.75) is 59.7 Å². The van der Waals surface area contributed by atoms with Crippen molar-refractivity contribution in [3.05, 3.63) is 58.4 Å². The Morgan fingerprint density at radius 1 is 1.04 bits per heavy atom. The molecule has 0 fully saturated rings. The largest absolute Gasteiger partial charge is 0.493 e. The number of halogens is 2. The van der Waals surface area contributed by atoms with Crippen LogP contribution in [0.4, 0.5) is 4.39 Å². The zero-order valence-electron chi connectivity index (χ0n) is 17.7. The lowest BCUT2D eigenvalue weighted by atomic mass is 9.82. The first-order chi connectivity index (χ1) is 13.0. The van der Waals surface area contributed by atoms with Crippen LogP contribution in [-0.4, -0.2) is 12.6 Å². The van der Waals surface area contributed by atoms with Crippen LogP contribution >= 0.6 is 11.6 Å². The van der Waals surface area contributed by atoms with Crippen molar-refractivity contribution in [3.63, 3.8) is 0 Å². The van der Waals surface area contributed by atoms with Gasteiger partial charge in [-0.15, -0.1) is 0 Å².